The Labute approximate surface area is 178 Å². The molecule has 9 nitrogen and oxygen atoms in total. The number of aliphatic hydroxyl groups is 1. The number of nitriles is 1. The largest absolute Gasteiger partial charge is 0.470 e. The van der Waals surface area contributed by atoms with Crippen molar-refractivity contribution in [2.75, 3.05) is 24.2 Å². The molecule has 0 spiro atoms. The lowest BCUT2D eigenvalue weighted by molar-refractivity contribution is -0.107. The van der Waals surface area contributed by atoms with Crippen molar-refractivity contribution in [3.05, 3.63) is 11.8 Å². The zero-order valence-corrected chi connectivity index (χ0v) is 17.7. The normalized spacial score (nSPS) is 25.9. The van der Waals surface area contributed by atoms with E-state index in [-0.39, 0.29) is 49.4 Å². The first-order chi connectivity index (χ1) is 14.4. The van der Waals surface area contributed by atoms with Gasteiger partial charge in [-0.2, -0.15) is 23.4 Å². The maximum Gasteiger partial charge on any atom is 0.404 e. The summed E-state index contributed by atoms with van der Waals surface area (Å²) in [6.45, 7) is 1.55. The van der Waals surface area contributed by atoms with Gasteiger partial charge in [0.25, 0.3) is 0 Å². The Morgan fingerprint density at radius 2 is 2.06 bits per heavy atom. The molecule has 2 fully saturated rings. The quantitative estimate of drug-likeness (QED) is 0.654. The van der Waals surface area contributed by atoms with Crippen LogP contribution in [-0.4, -0.2) is 70.6 Å². The van der Waals surface area contributed by atoms with Crippen LogP contribution in [0.4, 0.5) is 19.1 Å². The van der Waals surface area contributed by atoms with Gasteiger partial charge in [0.05, 0.1) is 11.8 Å². The number of hydrogen-bond acceptors (Lipinski definition) is 8. The van der Waals surface area contributed by atoms with E-state index in [1.807, 2.05) is 6.07 Å². The van der Waals surface area contributed by atoms with Crippen molar-refractivity contribution in [1.29, 1.82) is 5.26 Å². The van der Waals surface area contributed by atoms with Crippen LogP contribution in [0, 0.1) is 11.3 Å². The van der Waals surface area contributed by atoms with Crippen LogP contribution >= 0.6 is 0 Å². The van der Waals surface area contributed by atoms with Crippen LogP contribution < -0.4 is 10.1 Å². The fourth-order valence-electron chi connectivity index (χ4n) is 3.80. The van der Waals surface area contributed by atoms with E-state index in [0.29, 0.717) is 12.8 Å². The van der Waals surface area contributed by atoms with Crippen LogP contribution in [0.3, 0.4) is 0 Å². The van der Waals surface area contributed by atoms with Crippen molar-refractivity contribution in [1.82, 2.24) is 14.3 Å². The SMILES string of the molecule is C[C@]1(O)CCC[C@H]1Oc1nc(NC2CCN(S(=O)(=O)CC(F)(F)F)CC2)ncc1C#N. The number of nitrogens with zero attached hydrogens (tertiary/aromatic N) is 4. The Hall–Kier alpha value is -2.17. The molecule has 2 aliphatic rings. The zero-order chi connectivity index (χ0) is 22.9. The summed E-state index contributed by atoms with van der Waals surface area (Å²) < 4.78 is 67.9. The molecule has 1 aliphatic carbocycles. The topological polar surface area (TPSA) is 128 Å². The lowest BCUT2D eigenvalue weighted by Gasteiger charge is -2.32. The van der Waals surface area contributed by atoms with Gasteiger partial charge in [-0.15, -0.1) is 0 Å². The van der Waals surface area contributed by atoms with Crippen molar-refractivity contribution in [3.8, 4) is 11.9 Å². The second-order valence-corrected chi connectivity index (χ2v) is 10.0. The molecule has 2 heterocycles. The van der Waals surface area contributed by atoms with Gasteiger partial charge in [0.15, 0.2) is 5.75 Å². The minimum atomic E-state index is -4.79. The summed E-state index contributed by atoms with van der Waals surface area (Å²) in [5.41, 5.74) is -0.915. The van der Waals surface area contributed by atoms with Crippen LogP contribution in [0.5, 0.6) is 5.88 Å². The fraction of sp³-hybridized carbons (Fsp3) is 0.722. The van der Waals surface area contributed by atoms with E-state index in [1.54, 1.807) is 6.92 Å². The first-order valence-corrected chi connectivity index (χ1v) is 11.5. The van der Waals surface area contributed by atoms with Gasteiger partial charge in [-0.25, -0.2) is 17.7 Å². The monoisotopic (exact) mass is 463 g/mol. The number of halogens is 3. The summed E-state index contributed by atoms with van der Waals surface area (Å²) in [7, 11) is -4.41. The van der Waals surface area contributed by atoms with Crippen molar-refractivity contribution < 1.29 is 31.4 Å². The van der Waals surface area contributed by atoms with Gasteiger partial charge in [-0.05, 0) is 39.0 Å². The van der Waals surface area contributed by atoms with E-state index in [9.17, 15) is 32.0 Å². The summed E-state index contributed by atoms with van der Waals surface area (Å²) in [6, 6.07) is 1.69. The molecule has 1 aromatic rings. The van der Waals surface area contributed by atoms with E-state index in [1.165, 1.54) is 6.20 Å². The van der Waals surface area contributed by atoms with Gasteiger partial charge in [0.1, 0.15) is 17.7 Å². The number of nitrogens with one attached hydrogen (secondary N) is 1. The number of ether oxygens (including phenoxy) is 1. The first kappa shape index (κ1) is 23.5. The average Bonchev–Trinajstić information content (AvgIpc) is 2.99. The van der Waals surface area contributed by atoms with Crippen LogP contribution in [0.15, 0.2) is 6.20 Å². The molecule has 31 heavy (non-hydrogen) atoms. The highest BCUT2D eigenvalue weighted by molar-refractivity contribution is 7.89. The summed E-state index contributed by atoms with van der Waals surface area (Å²) in [6.07, 6.45) is -1.49. The van der Waals surface area contributed by atoms with Crippen LogP contribution in [-0.2, 0) is 10.0 Å². The second kappa shape index (κ2) is 8.76. The Morgan fingerprint density at radius 3 is 2.61 bits per heavy atom. The van der Waals surface area contributed by atoms with Gasteiger partial charge < -0.3 is 15.2 Å². The molecule has 172 valence electrons. The standard InChI is InChI=1S/C18H24F3N5O4S/c1-17(27)6-2-3-14(17)30-15-12(9-22)10-23-16(25-15)24-13-4-7-26(8-5-13)31(28,29)11-18(19,20)21/h10,13-14,27H,2-8,11H2,1H3,(H,23,24,25)/t14-,17+/m1/s1. The van der Waals surface area contributed by atoms with E-state index < -0.39 is 33.7 Å². The highest BCUT2D eigenvalue weighted by Gasteiger charge is 2.40. The van der Waals surface area contributed by atoms with Gasteiger partial charge in [0.2, 0.25) is 21.9 Å². The molecule has 1 saturated carbocycles. The third kappa shape index (κ3) is 5.96. The molecular formula is C18H24F3N5O4S. The summed E-state index contributed by atoms with van der Waals surface area (Å²) in [5, 5.41) is 22.7. The number of piperidine rings is 1. The van der Waals surface area contributed by atoms with Crippen LogP contribution in [0.25, 0.3) is 0 Å². The maximum absolute atomic E-state index is 12.5. The Morgan fingerprint density at radius 1 is 1.39 bits per heavy atom. The summed E-state index contributed by atoms with van der Waals surface area (Å²) >= 11 is 0. The number of alkyl halides is 3. The molecule has 13 heteroatoms. The number of rotatable bonds is 6. The number of sulfonamides is 1. The molecule has 1 saturated heterocycles. The molecule has 2 atom stereocenters. The predicted octanol–water partition coefficient (Wildman–Crippen LogP) is 1.80. The highest BCUT2D eigenvalue weighted by atomic mass is 32.2. The molecule has 0 bridgehead atoms. The lowest BCUT2D eigenvalue weighted by atomic mass is 10.0. The van der Waals surface area contributed by atoms with Crippen molar-refractivity contribution >= 4 is 16.0 Å². The number of hydrogen-bond donors (Lipinski definition) is 2. The van der Waals surface area contributed by atoms with E-state index in [0.717, 1.165) is 10.7 Å². The molecule has 0 radical (unpaired) electrons. The summed E-state index contributed by atoms with van der Waals surface area (Å²) in [4.78, 5) is 8.29. The molecule has 1 aliphatic heterocycles. The molecule has 1 aromatic heterocycles. The Bertz CT molecular complexity index is 940. The molecule has 0 amide bonds. The van der Waals surface area contributed by atoms with E-state index in [2.05, 4.69) is 15.3 Å². The Kier molecular flexibility index (Phi) is 6.64. The average molecular weight is 463 g/mol. The van der Waals surface area contributed by atoms with E-state index in [4.69, 9.17) is 4.74 Å². The predicted molar refractivity (Wildman–Crippen MR) is 104 cm³/mol. The number of aromatic nitrogens is 2. The zero-order valence-electron chi connectivity index (χ0n) is 16.9. The minimum absolute atomic E-state index is 0.0392. The fourth-order valence-corrected chi connectivity index (χ4v) is 5.16. The lowest BCUT2D eigenvalue weighted by Crippen LogP contribution is -2.45. The molecule has 3 rings (SSSR count). The minimum Gasteiger partial charge on any atom is -0.470 e. The first-order valence-electron chi connectivity index (χ1n) is 9.87. The molecule has 0 aromatic carbocycles. The summed E-state index contributed by atoms with van der Waals surface area (Å²) in [5.74, 6) is -1.68. The van der Waals surface area contributed by atoms with Crippen molar-refractivity contribution in [2.45, 2.75) is 63.0 Å². The highest BCUT2D eigenvalue weighted by Crippen LogP contribution is 2.33. The van der Waals surface area contributed by atoms with Crippen molar-refractivity contribution in [3.63, 3.8) is 0 Å². The van der Waals surface area contributed by atoms with E-state index >= 15 is 0 Å². The van der Waals surface area contributed by atoms with Crippen molar-refractivity contribution in [2.24, 2.45) is 0 Å². The smallest absolute Gasteiger partial charge is 0.404 e. The third-order valence-electron chi connectivity index (χ3n) is 5.50. The number of anilines is 1. The van der Waals surface area contributed by atoms with Crippen LogP contribution in [0.1, 0.15) is 44.6 Å². The molecule has 0 unspecified atom stereocenters. The van der Waals surface area contributed by atoms with Gasteiger partial charge in [0, 0.05) is 19.1 Å². The van der Waals surface area contributed by atoms with Gasteiger partial charge in [-0.1, -0.05) is 0 Å². The van der Waals surface area contributed by atoms with Crippen LogP contribution in [0.2, 0.25) is 0 Å². The maximum atomic E-state index is 12.5. The Balaban J connectivity index is 1.63. The molecule has 2 N–H and O–H groups in total. The molecular weight excluding hydrogens is 439 g/mol. The second-order valence-electron chi connectivity index (χ2n) is 8.07. The van der Waals surface area contributed by atoms with Gasteiger partial charge in [-0.3, -0.25) is 0 Å². The third-order valence-corrected chi connectivity index (χ3v) is 7.34. The van der Waals surface area contributed by atoms with Gasteiger partial charge >= 0.3 is 6.18 Å².